The summed E-state index contributed by atoms with van der Waals surface area (Å²) >= 11 is 5.96. The molecule has 0 bridgehead atoms. The van der Waals surface area contributed by atoms with Crippen molar-refractivity contribution in [1.82, 2.24) is 20.3 Å². The number of hydrogen-bond acceptors (Lipinski definition) is 4. The van der Waals surface area contributed by atoms with Crippen LogP contribution in [0.15, 0.2) is 30.6 Å². The number of halogens is 2. The molecule has 0 spiro atoms. The van der Waals surface area contributed by atoms with Crippen LogP contribution in [0.1, 0.15) is 12.8 Å². The Morgan fingerprint density at radius 2 is 2.28 bits per heavy atom. The standard InChI is InChI=1S/C18H19ClFN5/c19-16-10-24-18-17(25-16)13(9-23-18)12-3-4-14(20)15(6-12)22-8-11-2-1-5-21-7-11/h3-4,6,9-11,21-22H,1-2,5,7-8H2,(H,23,24). The second-order valence-electron chi connectivity index (χ2n) is 6.38. The van der Waals surface area contributed by atoms with E-state index >= 15 is 0 Å². The number of aromatic amines is 1. The summed E-state index contributed by atoms with van der Waals surface area (Å²) in [6, 6.07) is 5.04. The number of nitrogens with one attached hydrogen (secondary N) is 3. The molecule has 1 fully saturated rings. The molecule has 1 unspecified atom stereocenters. The Morgan fingerprint density at radius 3 is 3.12 bits per heavy atom. The van der Waals surface area contributed by atoms with Crippen LogP contribution in [0.5, 0.6) is 0 Å². The normalized spacial score (nSPS) is 17.8. The lowest BCUT2D eigenvalue weighted by Crippen LogP contribution is -2.33. The Morgan fingerprint density at radius 1 is 1.36 bits per heavy atom. The summed E-state index contributed by atoms with van der Waals surface area (Å²) in [6.45, 7) is 2.81. The molecule has 5 nitrogen and oxygen atoms in total. The topological polar surface area (TPSA) is 65.6 Å². The third-order valence-corrected chi connectivity index (χ3v) is 4.79. The second-order valence-corrected chi connectivity index (χ2v) is 6.77. The minimum Gasteiger partial charge on any atom is -0.382 e. The van der Waals surface area contributed by atoms with Gasteiger partial charge in [-0.05, 0) is 49.5 Å². The van der Waals surface area contributed by atoms with Crippen molar-refractivity contribution in [2.75, 3.05) is 25.0 Å². The third-order valence-electron chi connectivity index (χ3n) is 4.61. The number of anilines is 1. The van der Waals surface area contributed by atoms with E-state index in [-0.39, 0.29) is 5.82 Å². The van der Waals surface area contributed by atoms with E-state index in [2.05, 4.69) is 25.6 Å². The minimum atomic E-state index is -0.253. The Labute approximate surface area is 150 Å². The first-order chi connectivity index (χ1) is 12.2. The molecule has 1 saturated heterocycles. The van der Waals surface area contributed by atoms with E-state index in [4.69, 9.17) is 11.6 Å². The molecule has 4 rings (SSSR count). The van der Waals surface area contributed by atoms with E-state index in [0.29, 0.717) is 27.9 Å². The molecular formula is C18H19ClFN5. The van der Waals surface area contributed by atoms with Crippen LogP contribution in [0, 0.1) is 11.7 Å². The molecule has 1 aliphatic heterocycles. The highest BCUT2D eigenvalue weighted by Gasteiger charge is 2.15. The van der Waals surface area contributed by atoms with Gasteiger partial charge in [0.1, 0.15) is 16.5 Å². The maximum absolute atomic E-state index is 14.2. The van der Waals surface area contributed by atoms with E-state index in [1.807, 2.05) is 12.3 Å². The summed E-state index contributed by atoms with van der Waals surface area (Å²) in [5.74, 6) is 0.269. The van der Waals surface area contributed by atoms with Gasteiger partial charge in [-0.3, -0.25) is 0 Å². The van der Waals surface area contributed by atoms with Crippen LogP contribution in [0.2, 0.25) is 5.15 Å². The highest BCUT2D eigenvalue weighted by molar-refractivity contribution is 6.29. The zero-order valence-corrected chi connectivity index (χ0v) is 14.4. The van der Waals surface area contributed by atoms with Crippen molar-refractivity contribution in [3.05, 3.63) is 41.6 Å². The van der Waals surface area contributed by atoms with Crippen molar-refractivity contribution < 1.29 is 4.39 Å². The number of fused-ring (bicyclic) bond motifs is 1. The van der Waals surface area contributed by atoms with Gasteiger partial charge in [-0.1, -0.05) is 17.7 Å². The first-order valence-electron chi connectivity index (χ1n) is 8.45. The van der Waals surface area contributed by atoms with Crippen LogP contribution < -0.4 is 10.6 Å². The SMILES string of the molecule is Fc1ccc(-c2c[nH]c3ncc(Cl)nc23)cc1NCC1CCCNC1. The number of H-pyrrole nitrogens is 1. The van der Waals surface area contributed by atoms with E-state index < -0.39 is 0 Å². The number of aromatic nitrogens is 3. The quantitative estimate of drug-likeness (QED) is 0.662. The van der Waals surface area contributed by atoms with E-state index in [0.717, 1.165) is 37.2 Å². The van der Waals surface area contributed by atoms with Gasteiger partial charge in [0.15, 0.2) is 5.65 Å². The molecule has 25 heavy (non-hydrogen) atoms. The molecule has 0 aliphatic carbocycles. The van der Waals surface area contributed by atoms with E-state index in [1.165, 1.54) is 18.7 Å². The largest absolute Gasteiger partial charge is 0.382 e. The molecule has 3 N–H and O–H groups in total. The van der Waals surface area contributed by atoms with Gasteiger partial charge in [0.2, 0.25) is 0 Å². The fourth-order valence-electron chi connectivity index (χ4n) is 3.27. The summed E-state index contributed by atoms with van der Waals surface area (Å²) in [5, 5.41) is 6.97. The van der Waals surface area contributed by atoms with Crippen molar-refractivity contribution >= 4 is 28.5 Å². The summed E-state index contributed by atoms with van der Waals surface area (Å²) < 4.78 is 14.2. The lowest BCUT2D eigenvalue weighted by Gasteiger charge is -2.23. The molecule has 0 radical (unpaired) electrons. The molecule has 3 heterocycles. The number of piperidine rings is 1. The van der Waals surface area contributed by atoms with Gasteiger partial charge in [-0.15, -0.1) is 0 Å². The molecule has 1 atom stereocenters. The molecule has 3 aromatic rings. The number of rotatable bonds is 4. The van der Waals surface area contributed by atoms with Crippen LogP contribution in [0.25, 0.3) is 22.3 Å². The molecule has 1 aliphatic rings. The predicted molar refractivity (Wildman–Crippen MR) is 98.4 cm³/mol. The second kappa shape index (κ2) is 6.98. The monoisotopic (exact) mass is 359 g/mol. The smallest absolute Gasteiger partial charge is 0.156 e. The zero-order valence-electron chi connectivity index (χ0n) is 13.6. The van der Waals surface area contributed by atoms with Crippen molar-refractivity contribution in [3.8, 4) is 11.1 Å². The summed E-state index contributed by atoms with van der Waals surface area (Å²) in [6.07, 6.45) is 5.66. The van der Waals surface area contributed by atoms with E-state index in [1.54, 1.807) is 6.07 Å². The van der Waals surface area contributed by atoms with Crippen molar-refractivity contribution in [3.63, 3.8) is 0 Å². The van der Waals surface area contributed by atoms with Gasteiger partial charge in [0.25, 0.3) is 0 Å². The lowest BCUT2D eigenvalue weighted by molar-refractivity contribution is 0.392. The molecule has 0 amide bonds. The summed E-state index contributed by atoms with van der Waals surface area (Å²) in [5.41, 5.74) is 3.57. The highest BCUT2D eigenvalue weighted by atomic mass is 35.5. The van der Waals surface area contributed by atoms with Gasteiger partial charge >= 0.3 is 0 Å². The van der Waals surface area contributed by atoms with Gasteiger partial charge in [-0.2, -0.15) is 0 Å². The fraction of sp³-hybridized carbons (Fsp3) is 0.333. The molecule has 0 saturated carbocycles. The van der Waals surface area contributed by atoms with Crippen molar-refractivity contribution in [2.24, 2.45) is 5.92 Å². The van der Waals surface area contributed by atoms with E-state index in [9.17, 15) is 4.39 Å². The Balaban J connectivity index is 1.60. The first-order valence-corrected chi connectivity index (χ1v) is 8.82. The van der Waals surface area contributed by atoms with Gasteiger partial charge in [0.05, 0.1) is 11.9 Å². The van der Waals surface area contributed by atoms with Crippen LogP contribution in [-0.2, 0) is 0 Å². The highest BCUT2D eigenvalue weighted by Crippen LogP contribution is 2.30. The van der Waals surface area contributed by atoms with Crippen LogP contribution in [0.3, 0.4) is 0 Å². The Kier molecular flexibility index (Phi) is 4.55. The number of benzene rings is 1. The Hall–Kier alpha value is -2.18. The molecule has 130 valence electrons. The zero-order chi connectivity index (χ0) is 17.2. The minimum absolute atomic E-state index is 0.253. The average Bonchev–Trinajstić information content (AvgIpc) is 3.05. The average molecular weight is 360 g/mol. The van der Waals surface area contributed by atoms with Crippen LogP contribution in [0.4, 0.5) is 10.1 Å². The first kappa shape index (κ1) is 16.3. The van der Waals surface area contributed by atoms with Crippen LogP contribution >= 0.6 is 11.6 Å². The summed E-state index contributed by atoms with van der Waals surface area (Å²) in [7, 11) is 0. The summed E-state index contributed by atoms with van der Waals surface area (Å²) in [4.78, 5) is 11.6. The molecule has 1 aromatic carbocycles. The predicted octanol–water partition coefficient (Wildman–Crippen LogP) is 3.83. The molecular weight excluding hydrogens is 341 g/mol. The third kappa shape index (κ3) is 3.45. The number of nitrogens with zero attached hydrogens (tertiary/aromatic N) is 2. The van der Waals surface area contributed by atoms with Crippen molar-refractivity contribution in [2.45, 2.75) is 12.8 Å². The Bertz CT molecular complexity index is 888. The maximum Gasteiger partial charge on any atom is 0.156 e. The van der Waals surface area contributed by atoms with Gasteiger partial charge in [0, 0.05) is 18.3 Å². The van der Waals surface area contributed by atoms with Gasteiger partial charge in [-0.25, -0.2) is 14.4 Å². The lowest BCUT2D eigenvalue weighted by atomic mass is 9.99. The van der Waals surface area contributed by atoms with Crippen LogP contribution in [-0.4, -0.2) is 34.6 Å². The molecule has 2 aromatic heterocycles. The molecule has 7 heteroatoms. The van der Waals surface area contributed by atoms with Crippen molar-refractivity contribution in [1.29, 1.82) is 0 Å². The fourth-order valence-corrected chi connectivity index (χ4v) is 3.40. The van der Waals surface area contributed by atoms with Gasteiger partial charge < -0.3 is 15.6 Å². The maximum atomic E-state index is 14.2. The number of hydrogen-bond donors (Lipinski definition) is 3.